The molecule has 0 radical (unpaired) electrons. The Balaban J connectivity index is 1.69. The second-order valence-electron chi connectivity index (χ2n) is 6.25. The van der Waals surface area contributed by atoms with Crippen molar-refractivity contribution in [3.63, 3.8) is 0 Å². The number of hydrogen-bond donors (Lipinski definition) is 1. The molecule has 0 aromatic heterocycles. The van der Waals surface area contributed by atoms with E-state index in [0.29, 0.717) is 12.5 Å². The molecule has 108 valence electrons. The maximum atomic E-state index is 11.4. The van der Waals surface area contributed by atoms with Crippen molar-refractivity contribution < 1.29 is 9.90 Å². The summed E-state index contributed by atoms with van der Waals surface area (Å²) in [5.41, 5.74) is 0.879. The molecule has 1 aromatic carbocycles. The van der Waals surface area contributed by atoms with Gasteiger partial charge in [-0.2, -0.15) is 0 Å². The summed E-state index contributed by atoms with van der Waals surface area (Å²) in [6.07, 6.45) is 1.79. The lowest BCUT2D eigenvalue weighted by Crippen LogP contribution is -2.47. The number of piperidine rings is 1. The third kappa shape index (κ3) is 2.59. The SMILES string of the molecule is CC1(C(=O)O)CCCN(CC2CSc3ccccc32)C1. The molecule has 2 atom stereocenters. The molecule has 3 nitrogen and oxygen atoms in total. The molecular weight excluding hydrogens is 270 g/mol. The van der Waals surface area contributed by atoms with E-state index in [1.54, 1.807) is 0 Å². The van der Waals surface area contributed by atoms with E-state index in [1.807, 2.05) is 18.7 Å². The van der Waals surface area contributed by atoms with Gasteiger partial charge in [0.2, 0.25) is 0 Å². The van der Waals surface area contributed by atoms with E-state index in [2.05, 4.69) is 29.2 Å². The van der Waals surface area contributed by atoms with Crippen LogP contribution in [0.3, 0.4) is 0 Å². The number of aliphatic carboxylic acids is 1. The van der Waals surface area contributed by atoms with Gasteiger partial charge >= 0.3 is 5.97 Å². The largest absolute Gasteiger partial charge is 0.481 e. The molecule has 0 aliphatic carbocycles. The molecule has 3 rings (SSSR count). The van der Waals surface area contributed by atoms with Crippen LogP contribution in [0.2, 0.25) is 0 Å². The van der Waals surface area contributed by atoms with E-state index >= 15 is 0 Å². The highest BCUT2D eigenvalue weighted by Gasteiger charge is 2.38. The monoisotopic (exact) mass is 291 g/mol. The van der Waals surface area contributed by atoms with Crippen molar-refractivity contribution in [2.24, 2.45) is 5.41 Å². The van der Waals surface area contributed by atoms with Crippen molar-refractivity contribution in [3.8, 4) is 0 Å². The number of fused-ring (bicyclic) bond motifs is 1. The molecule has 0 amide bonds. The topological polar surface area (TPSA) is 40.5 Å². The van der Waals surface area contributed by atoms with Crippen molar-refractivity contribution in [1.82, 2.24) is 4.90 Å². The summed E-state index contributed by atoms with van der Waals surface area (Å²) in [6, 6.07) is 8.61. The van der Waals surface area contributed by atoms with Gasteiger partial charge in [-0.3, -0.25) is 4.79 Å². The molecular formula is C16H21NO2S. The fourth-order valence-electron chi connectivity index (χ4n) is 3.37. The molecule has 1 aromatic rings. The highest BCUT2D eigenvalue weighted by Crippen LogP contribution is 2.40. The van der Waals surface area contributed by atoms with Crippen LogP contribution in [0.15, 0.2) is 29.2 Å². The number of benzene rings is 1. The number of thioether (sulfide) groups is 1. The van der Waals surface area contributed by atoms with Crippen LogP contribution in [0.5, 0.6) is 0 Å². The summed E-state index contributed by atoms with van der Waals surface area (Å²) in [5.74, 6) is 1.02. The Bertz CT molecular complexity index is 519. The highest BCUT2D eigenvalue weighted by atomic mass is 32.2. The van der Waals surface area contributed by atoms with Crippen LogP contribution in [0, 0.1) is 5.41 Å². The fraction of sp³-hybridized carbons (Fsp3) is 0.562. The second-order valence-corrected chi connectivity index (χ2v) is 7.31. The number of likely N-dealkylation sites (tertiary alicyclic amines) is 1. The Morgan fingerprint density at radius 3 is 3.10 bits per heavy atom. The average molecular weight is 291 g/mol. The molecule has 0 spiro atoms. The van der Waals surface area contributed by atoms with Crippen LogP contribution in [-0.4, -0.2) is 41.4 Å². The lowest BCUT2D eigenvalue weighted by atomic mass is 9.81. The second kappa shape index (κ2) is 5.41. The van der Waals surface area contributed by atoms with Gasteiger partial charge in [-0.05, 0) is 37.9 Å². The first kappa shape index (κ1) is 14.0. The van der Waals surface area contributed by atoms with Gasteiger partial charge in [-0.1, -0.05) is 18.2 Å². The lowest BCUT2D eigenvalue weighted by molar-refractivity contribution is -0.151. The Labute approximate surface area is 124 Å². The summed E-state index contributed by atoms with van der Waals surface area (Å²) in [7, 11) is 0. The van der Waals surface area contributed by atoms with Crippen molar-refractivity contribution in [3.05, 3.63) is 29.8 Å². The van der Waals surface area contributed by atoms with E-state index in [9.17, 15) is 9.90 Å². The Morgan fingerprint density at radius 2 is 2.30 bits per heavy atom. The first-order valence-electron chi connectivity index (χ1n) is 7.26. The molecule has 0 saturated carbocycles. The first-order chi connectivity index (χ1) is 9.58. The van der Waals surface area contributed by atoms with Crippen LogP contribution < -0.4 is 0 Å². The van der Waals surface area contributed by atoms with Crippen molar-refractivity contribution >= 4 is 17.7 Å². The standard InChI is InChI=1S/C16H21NO2S/c1-16(15(18)19)7-4-8-17(11-16)9-12-10-20-14-6-3-2-5-13(12)14/h2-3,5-6,12H,4,7-11H2,1H3,(H,18,19). The number of carboxylic acid groups (broad SMARTS) is 1. The molecule has 4 heteroatoms. The zero-order valence-corrected chi connectivity index (χ0v) is 12.7. The van der Waals surface area contributed by atoms with Crippen LogP contribution in [-0.2, 0) is 4.79 Å². The molecule has 20 heavy (non-hydrogen) atoms. The molecule has 0 bridgehead atoms. The van der Waals surface area contributed by atoms with Gasteiger partial charge in [0.05, 0.1) is 5.41 Å². The normalized spacial score (nSPS) is 30.1. The van der Waals surface area contributed by atoms with Crippen LogP contribution >= 0.6 is 11.8 Å². The van der Waals surface area contributed by atoms with Gasteiger partial charge < -0.3 is 10.0 Å². The minimum atomic E-state index is -0.650. The van der Waals surface area contributed by atoms with Gasteiger partial charge in [-0.15, -0.1) is 11.8 Å². The van der Waals surface area contributed by atoms with Crippen LogP contribution in [0.1, 0.15) is 31.2 Å². The van der Waals surface area contributed by atoms with E-state index in [-0.39, 0.29) is 0 Å². The van der Waals surface area contributed by atoms with Crippen LogP contribution in [0.25, 0.3) is 0 Å². The van der Waals surface area contributed by atoms with Gasteiger partial charge in [-0.25, -0.2) is 0 Å². The molecule has 2 aliphatic heterocycles. The number of nitrogens with zero attached hydrogens (tertiary/aromatic N) is 1. The average Bonchev–Trinajstić information content (AvgIpc) is 2.82. The molecule has 2 aliphatic rings. The minimum absolute atomic E-state index is 0.548. The minimum Gasteiger partial charge on any atom is -0.481 e. The summed E-state index contributed by atoms with van der Waals surface area (Å²) >= 11 is 1.93. The maximum absolute atomic E-state index is 11.4. The molecule has 1 fully saturated rings. The zero-order valence-electron chi connectivity index (χ0n) is 11.8. The van der Waals surface area contributed by atoms with E-state index < -0.39 is 11.4 Å². The molecule has 2 heterocycles. The summed E-state index contributed by atoms with van der Waals surface area (Å²) in [6.45, 7) is 4.60. The number of carbonyl (C=O) groups is 1. The van der Waals surface area contributed by atoms with Crippen molar-refractivity contribution in [2.75, 3.05) is 25.4 Å². The van der Waals surface area contributed by atoms with Crippen LogP contribution in [0.4, 0.5) is 0 Å². The highest BCUT2D eigenvalue weighted by molar-refractivity contribution is 7.99. The van der Waals surface area contributed by atoms with E-state index in [4.69, 9.17) is 0 Å². The van der Waals surface area contributed by atoms with E-state index in [0.717, 1.165) is 31.7 Å². The van der Waals surface area contributed by atoms with Gasteiger partial charge in [0.25, 0.3) is 0 Å². The smallest absolute Gasteiger partial charge is 0.310 e. The van der Waals surface area contributed by atoms with Gasteiger partial charge in [0.15, 0.2) is 0 Å². The van der Waals surface area contributed by atoms with Crippen molar-refractivity contribution in [2.45, 2.75) is 30.6 Å². The molecule has 1 N–H and O–H groups in total. The lowest BCUT2D eigenvalue weighted by Gasteiger charge is -2.38. The zero-order chi connectivity index (χ0) is 14.2. The Hall–Kier alpha value is -1.00. The van der Waals surface area contributed by atoms with Crippen molar-refractivity contribution in [1.29, 1.82) is 0 Å². The predicted molar refractivity (Wildman–Crippen MR) is 81.3 cm³/mol. The Kier molecular flexibility index (Phi) is 3.78. The molecule has 1 saturated heterocycles. The fourth-order valence-corrected chi connectivity index (χ4v) is 4.61. The first-order valence-corrected chi connectivity index (χ1v) is 8.24. The maximum Gasteiger partial charge on any atom is 0.310 e. The predicted octanol–water partition coefficient (Wildman–Crippen LogP) is 3.06. The summed E-state index contributed by atoms with van der Waals surface area (Å²) in [4.78, 5) is 15.2. The number of hydrogen-bond acceptors (Lipinski definition) is 3. The third-order valence-electron chi connectivity index (χ3n) is 4.57. The van der Waals surface area contributed by atoms with E-state index in [1.165, 1.54) is 10.5 Å². The number of carboxylic acids is 1. The quantitative estimate of drug-likeness (QED) is 0.929. The van der Waals surface area contributed by atoms with Gasteiger partial charge in [0, 0.05) is 29.7 Å². The van der Waals surface area contributed by atoms with Gasteiger partial charge in [0.1, 0.15) is 0 Å². The molecule has 2 unspecified atom stereocenters. The Morgan fingerprint density at radius 1 is 1.50 bits per heavy atom. The third-order valence-corrected chi connectivity index (χ3v) is 5.82. The summed E-state index contributed by atoms with van der Waals surface area (Å²) < 4.78 is 0. The summed E-state index contributed by atoms with van der Waals surface area (Å²) in [5, 5.41) is 9.40. The number of rotatable bonds is 3.